The van der Waals surface area contributed by atoms with Crippen molar-refractivity contribution in [3.05, 3.63) is 40.3 Å². The second kappa shape index (κ2) is 8.69. The highest BCUT2D eigenvalue weighted by molar-refractivity contribution is 7.09. The first kappa shape index (κ1) is 17.5. The van der Waals surface area contributed by atoms with E-state index in [0.717, 1.165) is 17.0 Å². The number of hydrogen-bond acceptors (Lipinski definition) is 4. The molecule has 0 aliphatic rings. The summed E-state index contributed by atoms with van der Waals surface area (Å²) >= 11 is 1.65. The summed E-state index contributed by atoms with van der Waals surface area (Å²) in [7, 11) is 3.53. The third kappa shape index (κ3) is 4.80. The number of aromatic nitrogens is 2. The fourth-order valence-electron chi connectivity index (χ4n) is 2.40. The van der Waals surface area contributed by atoms with Crippen molar-refractivity contribution < 1.29 is 9.53 Å². The van der Waals surface area contributed by atoms with E-state index >= 15 is 0 Å². The molecule has 0 aliphatic carbocycles. The number of carbonyl (C=O) groups is 1. The summed E-state index contributed by atoms with van der Waals surface area (Å²) in [6.45, 7) is 3.72. The quantitative estimate of drug-likeness (QED) is 0.806. The molecule has 126 valence electrons. The van der Waals surface area contributed by atoms with Gasteiger partial charge in [-0.2, -0.15) is 5.10 Å². The largest absolute Gasteiger partial charge is 0.383 e. The Labute approximate surface area is 141 Å². The fourth-order valence-corrected chi connectivity index (χ4v) is 3.12. The Hall–Kier alpha value is -1.86. The van der Waals surface area contributed by atoms with Crippen LogP contribution in [-0.2, 0) is 18.3 Å². The van der Waals surface area contributed by atoms with Gasteiger partial charge >= 0.3 is 6.03 Å². The van der Waals surface area contributed by atoms with Gasteiger partial charge in [-0.25, -0.2) is 4.79 Å². The molecule has 2 aromatic rings. The van der Waals surface area contributed by atoms with Crippen LogP contribution in [0.3, 0.4) is 0 Å². The minimum atomic E-state index is -0.0801. The van der Waals surface area contributed by atoms with E-state index in [0.29, 0.717) is 19.7 Å². The molecule has 1 N–H and O–H groups in total. The number of thiophene rings is 1. The highest BCUT2D eigenvalue weighted by atomic mass is 32.1. The van der Waals surface area contributed by atoms with Crippen LogP contribution >= 0.6 is 11.3 Å². The molecule has 0 fully saturated rings. The summed E-state index contributed by atoms with van der Waals surface area (Å²) in [5.74, 6) is 0. The molecule has 0 aliphatic heterocycles. The molecule has 2 heterocycles. The Morgan fingerprint density at radius 2 is 2.35 bits per heavy atom. The van der Waals surface area contributed by atoms with Crippen LogP contribution in [0.5, 0.6) is 0 Å². The van der Waals surface area contributed by atoms with Crippen molar-refractivity contribution in [3.63, 3.8) is 0 Å². The summed E-state index contributed by atoms with van der Waals surface area (Å²) in [4.78, 5) is 15.6. The van der Waals surface area contributed by atoms with Gasteiger partial charge in [0.25, 0.3) is 0 Å². The van der Waals surface area contributed by atoms with E-state index in [-0.39, 0.29) is 12.1 Å². The number of hydrogen-bond donors (Lipinski definition) is 1. The standard InChI is InChI=1S/C16H24N4O2S/c1-4-14(15-7-8-17-19(15)2)18-16(21)20(9-10-22-3)12-13-6-5-11-23-13/h5-8,11,14H,4,9-10,12H2,1-3H3,(H,18,21)/t14-/m1/s1. The molecule has 7 heteroatoms. The van der Waals surface area contributed by atoms with Crippen molar-refractivity contribution in [2.45, 2.75) is 25.9 Å². The van der Waals surface area contributed by atoms with Crippen molar-refractivity contribution in [1.82, 2.24) is 20.0 Å². The van der Waals surface area contributed by atoms with Crippen molar-refractivity contribution in [1.29, 1.82) is 0 Å². The van der Waals surface area contributed by atoms with Gasteiger partial charge in [0.2, 0.25) is 0 Å². The Morgan fingerprint density at radius 3 is 2.91 bits per heavy atom. The van der Waals surface area contributed by atoms with Crippen molar-refractivity contribution in [3.8, 4) is 0 Å². The number of urea groups is 1. The number of rotatable bonds is 8. The second-order valence-corrected chi connectivity index (χ2v) is 6.32. The normalized spacial score (nSPS) is 12.1. The lowest BCUT2D eigenvalue weighted by atomic mass is 10.1. The summed E-state index contributed by atoms with van der Waals surface area (Å²) in [5.41, 5.74) is 1.00. The predicted molar refractivity (Wildman–Crippen MR) is 91.4 cm³/mol. The minimum absolute atomic E-state index is 0.0524. The molecule has 23 heavy (non-hydrogen) atoms. The summed E-state index contributed by atoms with van der Waals surface area (Å²) in [5, 5.41) is 9.31. The van der Waals surface area contributed by atoms with E-state index < -0.39 is 0 Å². The maximum atomic E-state index is 12.7. The van der Waals surface area contributed by atoms with Gasteiger partial charge in [-0.3, -0.25) is 4.68 Å². The number of ether oxygens (including phenoxy) is 1. The van der Waals surface area contributed by atoms with E-state index in [1.807, 2.05) is 30.6 Å². The smallest absolute Gasteiger partial charge is 0.318 e. The molecule has 0 saturated carbocycles. The van der Waals surface area contributed by atoms with Crippen molar-refractivity contribution in [2.24, 2.45) is 7.05 Å². The first-order chi connectivity index (χ1) is 11.2. The predicted octanol–water partition coefficient (Wildman–Crippen LogP) is 2.79. The molecular formula is C16H24N4O2S. The molecular weight excluding hydrogens is 312 g/mol. The van der Waals surface area contributed by atoms with E-state index in [4.69, 9.17) is 4.74 Å². The van der Waals surface area contributed by atoms with Gasteiger partial charge in [-0.1, -0.05) is 13.0 Å². The lowest BCUT2D eigenvalue weighted by molar-refractivity contribution is 0.144. The highest BCUT2D eigenvalue weighted by Gasteiger charge is 2.20. The average Bonchev–Trinajstić information content (AvgIpc) is 3.20. The Bertz CT molecular complexity index is 597. The summed E-state index contributed by atoms with van der Waals surface area (Å²) < 4.78 is 6.93. The maximum absolute atomic E-state index is 12.7. The first-order valence-corrected chi connectivity index (χ1v) is 8.58. The minimum Gasteiger partial charge on any atom is -0.383 e. The molecule has 0 aromatic carbocycles. The zero-order valence-electron chi connectivity index (χ0n) is 13.9. The summed E-state index contributed by atoms with van der Waals surface area (Å²) in [6, 6.07) is 5.84. The van der Waals surface area contributed by atoms with Crippen LogP contribution in [0.1, 0.15) is 30.0 Å². The van der Waals surface area contributed by atoms with Crippen LogP contribution in [0, 0.1) is 0 Å². The lowest BCUT2D eigenvalue weighted by Gasteiger charge is -2.25. The van der Waals surface area contributed by atoms with Gasteiger partial charge in [0.15, 0.2) is 0 Å². The van der Waals surface area contributed by atoms with E-state index in [2.05, 4.69) is 17.3 Å². The SMILES string of the molecule is CC[C@@H](NC(=O)N(CCOC)Cc1cccs1)c1ccnn1C. The van der Waals surface area contributed by atoms with E-state index in [1.54, 1.807) is 34.2 Å². The highest BCUT2D eigenvalue weighted by Crippen LogP contribution is 2.17. The van der Waals surface area contributed by atoms with Crippen LogP contribution in [0.15, 0.2) is 29.8 Å². The Balaban J connectivity index is 2.04. The molecule has 6 nitrogen and oxygen atoms in total. The molecule has 0 radical (unpaired) electrons. The second-order valence-electron chi connectivity index (χ2n) is 5.28. The molecule has 2 rings (SSSR count). The van der Waals surface area contributed by atoms with Gasteiger partial charge in [0, 0.05) is 31.8 Å². The van der Waals surface area contributed by atoms with Crippen LogP contribution in [0.25, 0.3) is 0 Å². The number of nitrogens with zero attached hydrogens (tertiary/aromatic N) is 3. The number of methoxy groups -OCH3 is 1. The van der Waals surface area contributed by atoms with Gasteiger partial charge in [-0.15, -0.1) is 11.3 Å². The fraction of sp³-hybridized carbons (Fsp3) is 0.500. The van der Waals surface area contributed by atoms with E-state index in [9.17, 15) is 4.79 Å². The van der Waals surface area contributed by atoms with Gasteiger partial charge < -0.3 is 15.0 Å². The molecule has 0 bridgehead atoms. The van der Waals surface area contributed by atoms with Gasteiger partial charge in [-0.05, 0) is 23.9 Å². The van der Waals surface area contributed by atoms with Crippen molar-refractivity contribution in [2.75, 3.05) is 20.3 Å². The van der Waals surface area contributed by atoms with Gasteiger partial charge in [0.05, 0.1) is 24.9 Å². The third-order valence-corrected chi connectivity index (χ3v) is 4.56. The number of amides is 2. The molecule has 0 saturated heterocycles. The molecule has 2 aromatic heterocycles. The van der Waals surface area contributed by atoms with Crippen LogP contribution in [0.2, 0.25) is 0 Å². The first-order valence-electron chi connectivity index (χ1n) is 7.70. The van der Waals surface area contributed by atoms with Gasteiger partial charge in [0.1, 0.15) is 0 Å². The molecule has 0 unspecified atom stereocenters. The molecule has 1 atom stereocenters. The van der Waals surface area contributed by atoms with Crippen LogP contribution in [0.4, 0.5) is 4.79 Å². The number of carbonyl (C=O) groups excluding carboxylic acids is 1. The number of aryl methyl sites for hydroxylation is 1. The Kier molecular flexibility index (Phi) is 6.61. The van der Waals surface area contributed by atoms with Crippen LogP contribution < -0.4 is 5.32 Å². The average molecular weight is 336 g/mol. The molecule has 2 amide bonds. The van der Waals surface area contributed by atoms with E-state index in [1.165, 1.54) is 0 Å². The topological polar surface area (TPSA) is 59.4 Å². The maximum Gasteiger partial charge on any atom is 0.318 e. The lowest BCUT2D eigenvalue weighted by Crippen LogP contribution is -2.42. The Morgan fingerprint density at radius 1 is 1.52 bits per heavy atom. The van der Waals surface area contributed by atoms with Crippen molar-refractivity contribution >= 4 is 17.4 Å². The zero-order valence-corrected chi connectivity index (χ0v) is 14.7. The molecule has 0 spiro atoms. The monoisotopic (exact) mass is 336 g/mol. The number of nitrogens with one attached hydrogen (secondary N) is 1. The van der Waals surface area contributed by atoms with Crippen LogP contribution in [-0.4, -0.2) is 41.0 Å². The zero-order chi connectivity index (χ0) is 16.7. The third-order valence-electron chi connectivity index (χ3n) is 3.70. The summed E-state index contributed by atoms with van der Waals surface area (Å²) in [6.07, 6.45) is 2.56.